The van der Waals surface area contributed by atoms with E-state index in [0.29, 0.717) is 11.0 Å². The van der Waals surface area contributed by atoms with Gasteiger partial charge in [-0.2, -0.15) is 0 Å². The molecule has 2 rings (SSSR count). The van der Waals surface area contributed by atoms with Crippen LogP contribution in [-0.2, 0) is 10.0 Å². The third-order valence-electron chi connectivity index (χ3n) is 1.76. The first-order chi connectivity index (χ1) is 7.13. The van der Waals surface area contributed by atoms with Crippen molar-refractivity contribution < 1.29 is 8.42 Å². The fourth-order valence-electron chi connectivity index (χ4n) is 1.14. The van der Waals surface area contributed by atoms with Crippen LogP contribution in [0.2, 0.25) is 0 Å². The Kier molecular flexibility index (Phi) is 2.07. The summed E-state index contributed by atoms with van der Waals surface area (Å²) in [6.45, 7) is 0. The summed E-state index contributed by atoms with van der Waals surface area (Å²) in [6.07, 6.45) is 0. The number of rotatable bonds is 2. The zero-order valence-electron chi connectivity index (χ0n) is 7.32. The number of para-hydroxylation sites is 2. The van der Waals surface area contributed by atoms with Crippen LogP contribution in [0.15, 0.2) is 33.9 Å². The highest BCUT2D eigenvalue weighted by Gasteiger charge is 2.16. The highest BCUT2D eigenvalue weighted by atomic mass is 32.2. The molecule has 15 heavy (non-hydrogen) atoms. The summed E-state index contributed by atoms with van der Waals surface area (Å²) in [6, 6.07) is 6.80. The lowest BCUT2D eigenvalue weighted by molar-refractivity contribution is 0.590. The van der Waals surface area contributed by atoms with Gasteiger partial charge in [-0.1, -0.05) is 12.1 Å². The Morgan fingerprint density at radius 1 is 1.40 bits per heavy atom. The number of nitrogens with zero attached hydrogens (tertiary/aromatic N) is 4. The van der Waals surface area contributed by atoms with Crippen molar-refractivity contribution >= 4 is 21.1 Å². The molecule has 0 saturated carbocycles. The van der Waals surface area contributed by atoms with Gasteiger partial charge < -0.3 is 4.98 Å². The maximum Gasteiger partial charge on any atom is 0.297 e. The molecule has 1 N–H and O–H groups in total. The summed E-state index contributed by atoms with van der Waals surface area (Å²) in [5, 5.41) is -0.346. The molecule has 1 aromatic carbocycles. The predicted octanol–water partition coefficient (Wildman–Crippen LogP) is 1.56. The standard InChI is InChI=1S/C7H5N5O2S/c8-11-12-15(13,14)7-9-5-3-1-2-4-6(5)10-7/h1-4H,(H,9,10). The van der Waals surface area contributed by atoms with Gasteiger partial charge in [0.2, 0.25) is 5.16 Å². The topological polar surface area (TPSA) is 112 Å². The minimum atomic E-state index is -4.03. The van der Waals surface area contributed by atoms with Gasteiger partial charge in [-0.25, -0.2) is 13.4 Å². The second-order valence-corrected chi connectivity index (χ2v) is 4.21. The van der Waals surface area contributed by atoms with Crippen LogP contribution >= 0.6 is 0 Å². The number of benzene rings is 1. The molecule has 8 heteroatoms. The first-order valence-electron chi connectivity index (χ1n) is 3.89. The number of aromatic nitrogens is 2. The molecule has 0 fully saturated rings. The second kappa shape index (κ2) is 3.26. The van der Waals surface area contributed by atoms with Gasteiger partial charge in [0.15, 0.2) is 0 Å². The lowest BCUT2D eigenvalue weighted by atomic mass is 10.3. The van der Waals surface area contributed by atoms with E-state index >= 15 is 0 Å². The summed E-state index contributed by atoms with van der Waals surface area (Å²) >= 11 is 0. The van der Waals surface area contributed by atoms with Crippen molar-refractivity contribution in [2.45, 2.75) is 5.16 Å². The molecule has 0 bridgehead atoms. The van der Waals surface area contributed by atoms with Gasteiger partial charge in [0.1, 0.15) is 0 Å². The van der Waals surface area contributed by atoms with Crippen LogP contribution in [0.25, 0.3) is 21.5 Å². The zero-order chi connectivity index (χ0) is 10.9. The minimum absolute atomic E-state index is 0.346. The molecule has 1 heterocycles. The summed E-state index contributed by atoms with van der Waals surface area (Å²) in [5.74, 6) is 0. The molecule has 0 radical (unpaired) electrons. The van der Waals surface area contributed by atoms with E-state index in [9.17, 15) is 8.42 Å². The SMILES string of the molecule is [N-]=[N+]=NS(=O)(=O)c1nc2ccccc2[nH]1. The lowest BCUT2D eigenvalue weighted by Crippen LogP contribution is -1.97. The maximum atomic E-state index is 11.3. The molecular weight excluding hydrogens is 218 g/mol. The van der Waals surface area contributed by atoms with Crippen molar-refractivity contribution in [1.29, 1.82) is 0 Å². The Bertz CT molecular complexity index is 620. The largest absolute Gasteiger partial charge is 0.328 e. The van der Waals surface area contributed by atoms with Gasteiger partial charge in [0, 0.05) is 9.43 Å². The van der Waals surface area contributed by atoms with Crippen LogP contribution in [0.3, 0.4) is 0 Å². The summed E-state index contributed by atoms with van der Waals surface area (Å²) in [4.78, 5) is 8.58. The highest BCUT2D eigenvalue weighted by molar-refractivity contribution is 7.89. The fraction of sp³-hybridized carbons (Fsp3) is 0. The van der Waals surface area contributed by atoms with E-state index in [1.165, 1.54) is 0 Å². The minimum Gasteiger partial charge on any atom is -0.328 e. The van der Waals surface area contributed by atoms with Gasteiger partial charge in [-0.3, -0.25) is 0 Å². The number of azide groups is 1. The monoisotopic (exact) mass is 223 g/mol. The number of imidazole rings is 1. The van der Waals surface area contributed by atoms with E-state index in [1.54, 1.807) is 24.3 Å². The Balaban J connectivity index is 2.69. The Hall–Kier alpha value is -2.05. The van der Waals surface area contributed by atoms with Crippen molar-refractivity contribution in [1.82, 2.24) is 9.97 Å². The van der Waals surface area contributed by atoms with Crippen LogP contribution in [0.5, 0.6) is 0 Å². The molecule has 0 aliphatic rings. The van der Waals surface area contributed by atoms with E-state index in [1.807, 2.05) is 0 Å². The van der Waals surface area contributed by atoms with Crippen LogP contribution in [0, 0.1) is 0 Å². The van der Waals surface area contributed by atoms with Crippen molar-refractivity contribution in [3.8, 4) is 0 Å². The molecule has 0 spiro atoms. The van der Waals surface area contributed by atoms with E-state index < -0.39 is 10.0 Å². The smallest absolute Gasteiger partial charge is 0.297 e. The molecular formula is C7H5N5O2S. The second-order valence-electron chi connectivity index (χ2n) is 2.71. The van der Waals surface area contributed by atoms with Crippen LogP contribution in [0.4, 0.5) is 0 Å². The Labute approximate surface area is 84.4 Å². The number of fused-ring (bicyclic) bond motifs is 1. The Morgan fingerprint density at radius 3 is 2.80 bits per heavy atom. The molecule has 76 valence electrons. The number of aromatic amines is 1. The number of hydrogen-bond acceptors (Lipinski definition) is 3. The van der Waals surface area contributed by atoms with Gasteiger partial charge >= 0.3 is 0 Å². The van der Waals surface area contributed by atoms with E-state index in [-0.39, 0.29) is 5.16 Å². The molecule has 2 aromatic rings. The Morgan fingerprint density at radius 2 is 2.13 bits per heavy atom. The van der Waals surface area contributed by atoms with E-state index in [4.69, 9.17) is 5.53 Å². The molecule has 0 aliphatic heterocycles. The van der Waals surface area contributed by atoms with Crippen molar-refractivity contribution in [3.05, 3.63) is 34.7 Å². The number of sulfonamides is 1. The van der Waals surface area contributed by atoms with E-state index in [2.05, 4.69) is 19.4 Å². The molecule has 7 nitrogen and oxygen atoms in total. The van der Waals surface area contributed by atoms with Gasteiger partial charge in [-0.05, 0) is 17.7 Å². The van der Waals surface area contributed by atoms with Crippen molar-refractivity contribution in [2.24, 2.45) is 4.52 Å². The lowest BCUT2D eigenvalue weighted by Gasteiger charge is -1.87. The predicted molar refractivity (Wildman–Crippen MR) is 52.4 cm³/mol. The summed E-state index contributed by atoms with van der Waals surface area (Å²) < 4.78 is 25.3. The van der Waals surface area contributed by atoms with Crippen LogP contribution in [0.1, 0.15) is 0 Å². The average molecular weight is 223 g/mol. The van der Waals surface area contributed by atoms with Gasteiger partial charge in [0.05, 0.1) is 11.0 Å². The van der Waals surface area contributed by atoms with Crippen molar-refractivity contribution in [2.75, 3.05) is 0 Å². The first-order valence-corrected chi connectivity index (χ1v) is 5.33. The van der Waals surface area contributed by atoms with Crippen LogP contribution in [-0.4, -0.2) is 18.4 Å². The maximum absolute atomic E-state index is 11.3. The van der Waals surface area contributed by atoms with E-state index in [0.717, 1.165) is 0 Å². The fourth-order valence-corrected chi connectivity index (χ4v) is 1.76. The molecule has 0 amide bonds. The number of H-pyrrole nitrogens is 1. The third-order valence-corrected chi connectivity index (χ3v) is 2.73. The quantitative estimate of drug-likeness (QED) is 0.473. The zero-order valence-corrected chi connectivity index (χ0v) is 8.14. The average Bonchev–Trinajstić information content (AvgIpc) is 2.61. The summed E-state index contributed by atoms with van der Waals surface area (Å²) in [5.41, 5.74) is 9.15. The van der Waals surface area contributed by atoms with Gasteiger partial charge in [0.25, 0.3) is 10.0 Å². The first kappa shape index (κ1) is 9.50. The third kappa shape index (κ3) is 1.63. The molecule has 0 unspecified atom stereocenters. The summed E-state index contributed by atoms with van der Waals surface area (Å²) in [7, 11) is -4.03. The molecule has 0 atom stereocenters. The molecule has 1 aromatic heterocycles. The number of nitrogens with one attached hydrogen (secondary N) is 1. The highest BCUT2D eigenvalue weighted by Crippen LogP contribution is 2.15. The van der Waals surface area contributed by atoms with Crippen LogP contribution < -0.4 is 0 Å². The van der Waals surface area contributed by atoms with Gasteiger partial charge in [-0.15, -0.1) is 0 Å². The molecule has 0 aliphatic carbocycles. The van der Waals surface area contributed by atoms with Crippen molar-refractivity contribution in [3.63, 3.8) is 0 Å². The number of hydrogen-bond donors (Lipinski definition) is 1. The molecule has 0 saturated heterocycles. The normalized spacial score (nSPS) is 11.2.